The minimum absolute atomic E-state index is 0.0700. The van der Waals surface area contributed by atoms with E-state index in [1.807, 2.05) is 0 Å². The van der Waals surface area contributed by atoms with Gasteiger partial charge in [-0.15, -0.1) is 0 Å². The molecule has 0 radical (unpaired) electrons. The van der Waals surface area contributed by atoms with Gasteiger partial charge < -0.3 is 20.3 Å². The van der Waals surface area contributed by atoms with Gasteiger partial charge in [-0.05, 0) is 30.6 Å². The summed E-state index contributed by atoms with van der Waals surface area (Å²) in [7, 11) is 0. The third kappa shape index (κ3) is 10.6. The van der Waals surface area contributed by atoms with Gasteiger partial charge in [0.15, 0.2) is 0 Å². The van der Waals surface area contributed by atoms with Gasteiger partial charge in [-0.1, -0.05) is 34.6 Å². The Hall–Kier alpha value is -0.160. The maximum absolute atomic E-state index is 9.89. The number of aliphatic hydroxyl groups is 2. The summed E-state index contributed by atoms with van der Waals surface area (Å²) in [4.78, 5) is 0. The zero-order valence-electron chi connectivity index (χ0n) is 14.0. The van der Waals surface area contributed by atoms with Crippen LogP contribution < -0.4 is 5.32 Å². The monoisotopic (exact) mass is 289 g/mol. The number of hydrogen-bond donors (Lipinski definition) is 3. The summed E-state index contributed by atoms with van der Waals surface area (Å²) >= 11 is 0. The third-order valence-electron chi connectivity index (χ3n) is 3.44. The van der Waals surface area contributed by atoms with E-state index in [1.54, 1.807) is 0 Å². The molecule has 0 bridgehead atoms. The van der Waals surface area contributed by atoms with Gasteiger partial charge in [0.25, 0.3) is 0 Å². The fourth-order valence-corrected chi connectivity index (χ4v) is 2.12. The van der Waals surface area contributed by atoms with Crippen LogP contribution in [0.3, 0.4) is 0 Å². The lowest BCUT2D eigenvalue weighted by Gasteiger charge is -2.32. The average molecular weight is 289 g/mol. The minimum atomic E-state index is -0.488. The van der Waals surface area contributed by atoms with Gasteiger partial charge in [-0.3, -0.25) is 0 Å². The van der Waals surface area contributed by atoms with E-state index in [9.17, 15) is 5.11 Å². The lowest BCUT2D eigenvalue weighted by Crippen LogP contribution is -2.45. The van der Waals surface area contributed by atoms with E-state index < -0.39 is 6.10 Å². The fourth-order valence-electron chi connectivity index (χ4n) is 2.12. The summed E-state index contributed by atoms with van der Waals surface area (Å²) in [6.07, 6.45) is 2.42. The summed E-state index contributed by atoms with van der Waals surface area (Å²) < 4.78 is 5.48. The summed E-state index contributed by atoms with van der Waals surface area (Å²) in [5.41, 5.74) is 0.0700. The second-order valence-electron chi connectivity index (χ2n) is 7.10. The summed E-state index contributed by atoms with van der Waals surface area (Å²) in [6, 6.07) is 0.197. The first-order valence-electron chi connectivity index (χ1n) is 7.87. The molecule has 0 saturated heterocycles. The van der Waals surface area contributed by atoms with Crippen LogP contribution in [0.4, 0.5) is 0 Å². The first-order valence-corrected chi connectivity index (χ1v) is 7.87. The Bertz CT molecular complexity index is 226. The van der Waals surface area contributed by atoms with Crippen molar-refractivity contribution in [1.82, 2.24) is 5.32 Å². The van der Waals surface area contributed by atoms with Crippen molar-refractivity contribution in [3.8, 4) is 0 Å². The molecule has 0 aromatic carbocycles. The third-order valence-corrected chi connectivity index (χ3v) is 3.44. The second kappa shape index (κ2) is 10.6. The van der Waals surface area contributed by atoms with Crippen molar-refractivity contribution in [3.63, 3.8) is 0 Å². The lowest BCUT2D eigenvalue weighted by molar-refractivity contribution is 0.0303. The minimum Gasteiger partial charge on any atom is -0.396 e. The summed E-state index contributed by atoms with van der Waals surface area (Å²) in [5, 5.41) is 22.3. The molecule has 2 atom stereocenters. The highest BCUT2D eigenvalue weighted by Crippen LogP contribution is 2.21. The highest BCUT2D eigenvalue weighted by Gasteiger charge is 2.24. The molecule has 4 heteroatoms. The number of nitrogens with one attached hydrogen (secondary N) is 1. The Morgan fingerprint density at radius 1 is 1.15 bits per heavy atom. The molecule has 0 heterocycles. The quantitative estimate of drug-likeness (QED) is 0.510. The Morgan fingerprint density at radius 2 is 1.80 bits per heavy atom. The Morgan fingerprint density at radius 3 is 2.30 bits per heavy atom. The molecule has 2 unspecified atom stereocenters. The molecule has 122 valence electrons. The van der Waals surface area contributed by atoms with Crippen LogP contribution in [-0.2, 0) is 4.74 Å². The van der Waals surface area contributed by atoms with Crippen molar-refractivity contribution in [2.75, 3.05) is 26.4 Å². The Balaban J connectivity index is 3.76. The molecule has 0 aromatic rings. The molecule has 0 fully saturated rings. The van der Waals surface area contributed by atoms with E-state index >= 15 is 0 Å². The van der Waals surface area contributed by atoms with Gasteiger partial charge in [0.2, 0.25) is 0 Å². The number of rotatable bonds is 11. The zero-order chi connectivity index (χ0) is 15.6. The van der Waals surface area contributed by atoms with Gasteiger partial charge in [-0.25, -0.2) is 0 Å². The molecule has 0 rings (SSSR count). The molecule has 0 spiro atoms. The zero-order valence-corrected chi connectivity index (χ0v) is 14.0. The predicted octanol–water partition coefficient (Wildman–Crippen LogP) is 2.19. The standard InChI is InChI=1S/C16H35NO3/c1-13(2)7-6-10-20-12-14(19)11-17-15(8-9-18)16(3,4)5/h13-15,17-19H,6-12H2,1-5H3. The van der Waals surface area contributed by atoms with Crippen molar-refractivity contribution in [1.29, 1.82) is 0 Å². The van der Waals surface area contributed by atoms with Crippen molar-refractivity contribution in [3.05, 3.63) is 0 Å². The Kier molecular flexibility index (Phi) is 10.5. The average Bonchev–Trinajstić information content (AvgIpc) is 2.32. The molecule has 20 heavy (non-hydrogen) atoms. The highest BCUT2D eigenvalue weighted by molar-refractivity contribution is 4.81. The van der Waals surface area contributed by atoms with Crippen molar-refractivity contribution in [2.45, 2.75) is 66.0 Å². The second-order valence-corrected chi connectivity index (χ2v) is 7.10. The number of aliphatic hydroxyl groups excluding tert-OH is 2. The molecule has 0 saturated carbocycles. The van der Waals surface area contributed by atoms with Crippen LogP contribution in [-0.4, -0.2) is 48.7 Å². The molecule has 3 N–H and O–H groups in total. The maximum Gasteiger partial charge on any atom is 0.0897 e. The van der Waals surface area contributed by atoms with E-state index in [1.165, 1.54) is 0 Å². The molecule has 4 nitrogen and oxygen atoms in total. The van der Waals surface area contributed by atoms with Gasteiger partial charge in [0.1, 0.15) is 0 Å². The van der Waals surface area contributed by atoms with Gasteiger partial charge in [-0.2, -0.15) is 0 Å². The first-order chi connectivity index (χ1) is 9.27. The van der Waals surface area contributed by atoms with E-state index in [-0.39, 0.29) is 18.1 Å². The lowest BCUT2D eigenvalue weighted by atomic mass is 9.85. The van der Waals surface area contributed by atoms with Crippen LogP contribution >= 0.6 is 0 Å². The topological polar surface area (TPSA) is 61.7 Å². The predicted molar refractivity (Wildman–Crippen MR) is 83.8 cm³/mol. The summed E-state index contributed by atoms with van der Waals surface area (Å²) in [6.45, 7) is 12.6. The van der Waals surface area contributed by atoms with E-state index in [0.717, 1.165) is 12.8 Å². The van der Waals surface area contributed by atoms with Crippen LogP contribution in [0.25, 0.3) is 0 Å². The SMILES string of the molecule is CC(C)CCCOCC(O)CNC(CCO)C(C)(C)C. The van der Waals surface area contributed by atoms with Gasteiger partial charge >= 0.3 is 0 Å². The van der Waals surface area contributed by atoms with Crippen LogP contribution in [0.15, 0.2) is 0 Å². The van der Waals surface area contributed by atoms with Gasteiger partial charge in [0, 0.05) is 25.8 Å². The van der Waals surface area contributed by atoms with Crippen molar-refractivity contribution < 1.29 is 14.9 Å². The maximum atomic E-state index is 9.89. The van der Waals surface area contributed by atoms with E-state index in [0.29, 0.717) is 32.1 Å². The summed E-state index contributed by atoms with van der Waals surface area (Å²) in [5.74, 6) is 0.705. The molecule has 0 aliphatic heterocycles. The van der Waals surface area contributed by atoms with Crippen LogP contribution in [0.1, 0.15) is 53.9 Å². The van der Waals surface area contributed by atoms with Crippen LogP contribution in [0.2, 0.25) is 0 Å². The molecule has 0 aliphatic carbocycles. The van der Waals surface area contributed by atoms with Crippen molar-refractivity contribution >= 4 is 0 Å². The molecule has 0 aliphatic rings. The molecule has 0 aromatic heterocycles. The first kappa shape index (κ1) is 19.8. The van der Waals surface area contributed by atoms with Gasteiger partial charge in [0.05, 0.1) is 12.7 Å². The number of hydrogen-bond acceptors (Lipinski definition) is 4. The highest BCUT2D eigenvalue weighted by atomic mass is 16.5. The number of ether oxygens (including phenoxy) is 1. The largest absolute Gasteiger partial charge is 0.396 e. The van der Waals surface area contributed by atoms with Crippen LogP contribution in [0, 0.1) is 11.3 Å². The van der Waals surface area contributed by atoms with E-state index in [4.69, 9.17) is 9.84 Å². The molecular weight excluding hydrogens is 254 g/mol. The smallest absolute Gasteiger partial charge is 0.0897 e. The fraction of sp³-hybridized carbons (Fsp3) is 1.00. The van der Waals surface area contributed by atoms with Crippen molar-refractivity contribution in [2.24, 2.45) is 11.3 Å². The normalized spacial score (nSPS) is 15.6. The Labute approximate surface area is 124 Å². The van der Waals surface area contributed by atoms with Crippen LogP contribution in [0.5, 0.6) is 0 Å². The molecule has 0 amide bonds. The van der Waals surface area contributed by atoms with E-state index in [2.05, 4.69) is 39.9 Å². The molecular formula is C16H35NO3.